The lowest BCUT2D eigenvalue weighted by atomic mass is 10.0. The van der Waals surface area contributed by atoms with E-state index in [2.05, 4.69) is 5.43 Å². The number of hydrogen-bond donors (Lipinski definition) is 2. The topological polar surface area (TPSA) is 72.2 Å². The highest BCUT2D eigenvalue weighted by Crippen LogP contribution is 2.15. The predicted octanol–water partition coefficient (Wildman–Crippen LogP) is 1.15. The fraction of sp³-hybridized carbons (Fsp3) is 0.455. The molecule has 96 valence electrons. The van der Waals surface area contributed by atoms with Crippen LogP contribution in [0.4, 0.5) is 0 Å². The largest absolute Gasteiger partial charge is 0.271 e. The summed E-state index contributed by atoms with van der Waals surface area (Å²) in [5, 5.41) is 0.0803. The van der Waals surface area contributed by atoms with Crippen LogP contribution in [0.5, 0.6) is 0 Å². The van der Waals surface area contributed by atoms with Gasteiger partial charge in [0.15, 0.2) is 9.84 Å². The molecule has 0 amide bonds. The van der Waals surface area contributed by atoms with Crippen molar-refractivity contribution in [3.63, 3.8) is 0 Å². The van der Waals surface area contributed by atoms with Crippen molar-refractivity contribution in [1.82, 2.24) is 5.43 Å². The first kappa shape index (κ1) is 14.4. The van der Waals surface area contributed by atoms with Crippen LogP contribution in [0, 0.1) is 0 Å². The van der Waals surface area contributed by atoms with Crippen molar-refractivity contribution in [2.24, 2.45) is 5.84 Å². The van der Waals surface area contributed by atoms with E-state index in [4.69, 9.17) is 17.4 Å². The molecule has 1 rings (SSSR count). The summed E-state index contributed by atoms with van der Waals surface area (Å²) in [4.78, 5) is 0. The Hall–Kier alpha value is -0.620. The second-order valence-electron chi connectivity index (χ2n) is 4.14. The SMILES string of the molecule is CC(C(Cc1cccc(Cl)c1)NN)S(C)(=O)=O. The van der Waals surface area contributed by atoms with E-state index in [1.165, 1.54) is 6.26 Å². The molecule has 0 aromatic heterocycles. The Balaban J connectivity index is 2.84. The number of hydrogen-bond acceptors (Lipinski definition) is 4. The molecule has 2 unspecified atom stereocenters. The average Bonchev–Trinajstić information content (AvgIpc) is 2.24. The van der Waals surface area contributed by atoms with Gasteiger partial charge in [-0.05, 0) is 31.0 Å². The van der Waals surface area contributed by atoms with Gasteiger partial charge in [0, 0.05) is 17.3 Å². The zero-order chi connectivity index (χ0) is 13.1. The van der Waals surface area contributed by atoms with Gasteiger partial charge in [0.25, 0.3) is 0 Å². The molecule has 0 saturated carbocycles. The molecule has 0 saturated heterocycles. The van der Waals surface area contributed by atoms with Gasteiger partial charge in [0.2, 0.25) is 0 Å². The maximum absolute atomic E-state index is 11.5. The molecule has 0 radical (unpaired) electrons. The van der Waals surface area contributed by atoms with Crippen LogP contribution in [0.15, 0.2) is 24.3 Å². The highest BCUT2D eigenvalue weighted by atomic mass is 35.5. The Kier molecular flexibility index (Phi) is 4.94. The van der Waals surface area contributed by atoms with Crippen LogP contribution in [-0.2, 0) is 16.3 Å². The number of nitrogens with one attached hydrogen (secondary N) is 1. The molecule has 0 bridgehead atoms. The fourth-order valence-corrected chi connectivity index (χ4v) is 2.56. The maximum Gasteiger partial charge on any atom is 0.151 e. The third-order valence-corrected chi connectivity index (χ3v) is 4.72. The molecule has 2 atom stereocenters. The van der Waals surface area contributed by atoms with E-state index in [1.807, 2.05) is 12.1 Å². The fourth-order valence-electron chi connectivity index (χ4n) is 1.58. The number of nitrogens with two attached hydrogens (primary N) is 1. The molecule has 0 spiro atoms. The third-order valence-electron chi connectivity index (χ3n) is 2.80. The highest BCUT2D eigenvalue weighted by Gasteiger charge is 2.25. The Morgan fingerprint density at radius 1 is 1.47 bits per heavy atom. The standard InChI is InChI=1S/C11H17ClN2O2S/c1-8(17(2,15)16)11(14-13)7-9-4-3-5-10(12)6-9/h3-6,8,11,14H,7,13H2,1-2H3. The summed E-state index contributed by atoms with van der Waals surface area (Å²) < 4.78 is 22.9. The van der Waals surface area contributed by atoms with Crippen molar-refractivity contribution in [3.8, 4) is 0 Å². The van der Waals surface area contributed by atoms with Crippen LogP contribution in [0.25, 0.3) is 0 Å². The molecule has 0 heterocycles. The van der Waals surface area contributed by atoms with Crippen molar-refractivity contribution < 1.29 is 8.42 Å². The van der Waals surface area contributed by atoms with E-state index in [1.54, 1.807) is 19.1 Å². The zero-order valence-electron chi connectivity index (χ0n) is 9.85. The van der Waals surface area contributed by atoms with Crippen LogP contribution in [0.3, 0.4) is 0 Å². The second kappa shape index (κ2) is 5.82. The van der Waals surface area contributed by atoms with Crippen molar-refractivity contribution in [2.45, 2.75) is 24.6 Å². The summed E-state index contributed by atoms with van der Waals surface area (Å²) in [5.74, 6) is 5.41. The molecule has 1 aromatic carbocycles. The van der Waals surface area contributed by atoms with E-state index in [-0.39, 0.29) is 6.04 Å². The van der Waals surface area contributed by atoms with Crippen molar-refractivity contribution in [2.75, 3.05) is 6.26 Å². The Labute approximate surface area is 107 Å². The van der Waals surface area contributed by atoms with Gasteiger partial charge in [-0.1, -0.05) is 23.7 Å². The molecule has 0 aliphatic heterocycles. The lowest BCUT2D eigenvalue weighted by molar-refractivity contribution is 0.494. The Bertz CT molecular complexity index is 476. The van der Waals surface area contributed by atoms with Gasteiger partial charge in [0.1, 0.15) is 0 Å². The minimum Gasteiger partial charge on any atom is -0.271 e. The first-order chi connectivity index (χ1) is 7.84. The van der Waals surface area contributed by atoms with Crippen molar-refractivity contribution >= 4 is 21.4 Å². The van der Waals surface area contributed by atoms with Crippen LogP contribution in [0.2, 0.25) is 5.02 Å². The van der Waals surface area contributed by atoms with Crippen LogP contribution in [0.1, 0.15) is 12.5 Å². The minimum absolute atomic E-state index is 0.330. The van der Waals surface area contributed by atoms with Crippen LogP contribution in [-0.4, -0.2) is 26.0 Å². The lowest BCUT2D eigenvalue weighted by Crippen LogP contribution is -2.47. The molecule has 0 fully saturated rings. The predicted molar refractivity (Wildman–Crippen MR) is 70.6 cm³/mol. The number of benzene rings is 1. The van der Waals surface area contributed by atoms with E-state index >= 15 is 0 Å². The number of hydrazine groups is 1. The van der Waals surface area contributed by atoms with Gasteiger partial charge in [-0.25, -0.2) is 8.42 Å². The zero-order valence-corrected chi connectivity index (χ0v) is 11.4. The van der Waals surface area contributed by atoms with Gasteiger partial charge in [-0.3, -0.25) is 11.3 Å². The van der Waals surface area contributed by atoms with Gasteiger partial charge < -0.3 is 0 Å². The second-order valence-corrected chi connectivity index (χ2v) is 6.98. The van der Waals surface area contributed by atoms with Crippen molar-refractivity contribution in [1.29, 1.82) is 0 Å². The summed E-state index contributed by atoms with van der Waals surface area (Å²) in [6, 6.07) is 6.97. The summed E-state index contributed by atoms with van der Waals surface area (Å²) in [6.07, 6.45) is 1.73. The normalized spacial score (nSPS) is 15.5. The molecule has 3 N–H and O–H groups in total. The average molecular weight is 277 g/mol. The van der Waals surface area contributed by atoms with E-state index in [9.17, 15) is 8.42 Å². The molecular formula is C11H17ClN2O2S. The number of halogens is 1. The van der Waals surface area contributed by atoms with Gasteiger partial charge >= 0.3 is 0 Å². The minimum atomic E-state index is -3.12. The third kappa shape index (κ3) is 4.27. The summed E-state index contributed by atoms with van der Waals surface area (Å²) in [5.41, 5.74) is 3.51. The summed E-state index contributed by atoms with van der Waals surface area (Å²) in [6.45, 7) is 1.64. The maximum atomic E-state index is 11.5. The summed E-state index contributed by atoms with van der Waals surface area (Å²) >= 11 is 5.87. The van der Waals surface area contributed by atoms with E-state index in [0.717, 1.165) is 5.56 Å². The first-order valence-corrected chi connectivity index (χ1v) is 7.57. The number of rotatable bonds is 5. The smallest absolute Gasteiger partial charge is 0.151 e. The van der Waals surface area contributed by atoms with E-state index < -0.39 is 15.1 Å². The molecule has 0 aliphatic carbocycles. The molecule has 0 aliphatic rings. The lowest BCUT2D eigenvalue weighted by Gasteiger charge is -2.21. The molecular weight excluding hydrogens is 260 g/mol. The van der Waals surface area contributed by atoms with Gasteiger partial charge in [-0.15, -0.1) is 0 Å². The first-order valence-electron chi connectivity index (χ1n) is 5.24. The van der Waals surface area contributed by atoms with Gasteiger partial charge in [0.05, 0.1) is 5.25 Å². The highest BCUT2D eigenvalue weighted by molar-refractivity contribution is 7.91. The van der Waals surface area contributed by atoms with Crippen molar-refractivity contribution in [3.05, 3.63) is 34.9 Å². The van der Waals surface area contributed by atoms with Crippen LogP contribution >= 0.6 is 11.6 Å². The molecule has 17 heavy (non-hydrogen) atoms. The molecule has 4 nitrogen and oxygen atoms in total. The summed E-state index contributed by atoms with van der Waals surface area (Å²) in [7, 11) is -3.12. The Morgan fingerprint density at radius 2 is 2.12 bits per heavy atom. The molecule has 1 aromatic rings. The van der Waals surface area contributed by atoms with Gasteiger partial charge in [-0.2, -0.15) is 0 Å². The quantitative estimate of drug-likeness (QED) is 0.625. The Morgan fingerprint density at radius 3 is 2.59 bits per heavy atom. The monoisotopic (exact) mass is 276 g/mol. The van der Waals surface area contributed by atoms with Crippen LogP contribution < -0.4 is 11.3 Å². The number of sulfone groups is 1. The van der Waals surface area contributed by atoms with E-state index in [0.29, 0.717) is 11.4 Å². The molecule has 6 heteroatoms.